The Morgan fingerprint density at radius 3 is 2.12 bits per heavy atom. The van der Waals surface area contributed by atoms with E-state index in [1.165, 1.54) is 12.1 Å². The number of carbonyl (C=O) groups excluding carboxylic acids is 4. The van der Waals surface area contributed by atoms with E-state index in [1.807, 2.05) is 0 Å². The van der Waals surface area contributed by atoms with E-state index in [9.17, 15) is 34.5 Å². The van der Waals surface area contributed by atoms with Crippen LogP contribution in [0.3, 0.4) is 0 Å². The number of benzene rings is 2. The normalized spacial score (nSPS) is 20.2. The van der Waals surface area contributed by atoms with Crippen LogP contribution < -0.4 is 44.2 Å². The number of phenolic OH excluding ortho intramolecular Hbond substituents is 2. The lowest BCUT2D eigenvalue weighted by molar-refractivity contribution is -0.134. The number of fused-ring (bicyclic) bond motifs is 5. The molecule has 1 heterocycles. The van der Waals surface area contributed by atoms with E-state index in [1.54, 1.807) is 31.2 Å². The Labute approximate surface area is 280 Å². The molecular weight excluding hydrogens is 620 g/mol. The van der Waals surface area contributed by atoms with Gasteiger partial charge >= 0.3 is 0 Å². The van der Waals surface area contributed by atoms with Gasteiger partial charge in [-0.05, 0) is 91.2 Å². The molecule has 3 rings (SSSR count). The lowest BCUT2D eigenvalue weighted by Gasteiger charge is -2.29. The Morgan fingerprint density at radius 2 is 1.54 bits per heavy atom. The van der Waals surface area contributed by atoms with Gasteiger partial charge < -0.3 is 59.5 Å². The second-order valence-corrected chi connectivity index (χ2v) is 12.3. The number of hydrogen-bond acceptors (Lipinski definition) is 11. The van der Waals surface area contributed by atoms with Gasteiger partial charge in [-0.2, -0.15) is 0 Å². The molecule has 2 aromatic carbocycles. The molecule has 15 N–H and O–H groups in total. The van der Waals surface area contributed by atoms with Crippen molar-refractivity contribution < 1.29 is 34.5 Å². The van der Waals surface area contributed by atoms with Crippen LogP contribution in [0.1, 0.15) is 43.7 Å². The van der Waals surface area contributed by atoms with Gasteiger partial charge in [-0.15, -0.1) is 0 Å². The molecule has 4 amide bonds. The Hall–Kier alpha value is -4.28. The van der Waals surface area contributed by atoms with Gasteiger partial charge in [0.15, 0.2) is 0 Å². The van der Waals surface area contributed by atoms with Crippen molar-refractivity contribution in [2.45, 2.75) is 75.7 Å². The summed E-state index contributed by atoms with van der Waals surface area (Å²) >= 11 is 0. The zero-order valence-corrected chi connectivity index (χ0v) is 27.3. The van der Waals surface area contributed by atoms with Gasteiger partial charge in [0.2, 0.25) is 23.6 Å². The minimum Gasteiger partial charge on any atom is -0.508 e. The first kappa shape index (κ1) is 38.2. The fourth-order valence-electron chi connectivity index (χ4n) is 5.49. The molecule has 2 aromatic rings. The number of rotatable bonds is 13. The van der Waals surface area contributed by atoms with E-state index in [4.69, 9.17) is 22.9 Å². The summed E-state index contributed by atoms with van der Waals surface area (Å²) in [5.74, 6) is -3.18. The first-order valence-corrected chi connectivity index (χ1v) is 16.2. The topological polar surface area (TPSA) is 281 Å². The molecule has 0 fully saturated rings. The predicted octanol–water partition coefficient (Wildman–Crippen LogP) is -1.81. The maximum absolute atomic E-state index is 13.9. The summed E-state index contributed by atoms with van der Waals surface area (Å²) in [5, 5.41) is 41.4. The molecule has 1 unspecified atom stereocenters. The summed E-state index contributed by atoms with van der Waals surface area (Å²) < 4.78 is 0. The summed E-state index contributed by atoms with van der Waals surface area (Å²) in [4.78, 5) is 54.2. The van der Waals surface area contributed by atoms with Crippen molar-refractivity contribution in [3.63, 3.8) is 0 Å². The highest BCUT2D eigenvalue weighted by Gasteiger charge is 2.34. The number of amides is 4. The standard InChI is InChI=1S/C33H50N8O7/c1-18(8-11-35)29-33(48)40-26(32(47)39-25(3-2-10-34)31(46)38-12-9-23(36)17-42)16-22-14-20(5-7-28(22)44)19-4-6-27(43)21(13-19)15-24(37)30(45)41-29/h4-7,13-14,18,23-26,29,42-44H,2-3,8-12,15-17,34-37H2,1H3,(H,38,46)(H,39,47)(H,40,48)(H,41,45)/t18-,23-,24-,25-,26?,29-/m0/s1. The fraction of sp³-hybridized carbons (Fsp3) is 0.515. The molecule has 1 aliphatic rings. The highest BCUT2D eigenvalue weighted by atomic mass is 16.3. The molecule has 0 saturated carbocycles. The van der Waals surface area contributed by atoms with Gasteiger partial charge in [-0.25, -0.2) is 0 Å². The molecular formula is C33H50N8O7. The van der Waals surface area contributed by atoms with Crippen LogP contribution in [0.15, 0.2) is 36.4 Å². The Bertz CT molecular complexity index is 1420. The number of carbonyl (C=O) groups is 4. The van der Waals surface area contributed by atoms with E-state index in [2.05, 4.69) is 21.3 Å². The molecule has 0 aliphatic carbocycles. The molecule has 0 spiro atoms. The smallest absolute Gasteiger partial charge is 0.243 e. The van der Waals surface area contributed by atoms with Crippen LogP contribution in [0.5, 0.6) is 11.5 Å². The summed E-state index contributed by atoms with van der Waals surface area (Å²) in [6, 6.07) is 4.53. The van der Waals surface area contributed by atoms with Crippen LogP contribution in [-0.4, -0.2) is 95.4 Å². The third-order valence-electron chi connectivity index (χ3n) is 8.48. The molecule has 1 aliphatic heterocycles. The van der Waals surface area contributed by atoms with Gasteiger partial charge in [0, 0.05) is 25.4 Å². The number of phenols is 2. The van der Waals surface area contributed by atoms with Crippen molar-refractivity contribution in [1.82, 2.24) is 21.3 Å². The first-order chi connectivity index (χ1) is 22.9. The molecule has 0 saturated heterocycles. The highest BCUT2D eigenvalue weighted by Crippen LogP contribution is 2.31. The van der Waals surface area contributed by atoms with Crippen molar-refractivity contribution in [2.75, 3.05) is 26.2 Å². The number of hydrogen-bond donors (Lipinski definition) is 11. The molecule has 0 radical (unpaired) electrons. The van der Waals surface area contributed by atoms with Gasteiger partial charge in [-0.3, -0.25) is 19.2 Å². The van der Waals surface area contributed by atoms with Crippen LogP contribution in [0.25, 0.3) is 11.1 Å². The van der Waals surface area contributed by atoms with Gasteiger partial charge in [0.05, 0.1) is 12.6 Å². The maximum Gasteiger partial charge on any atom is 0.243 e. The number of aliphatic hydroxyl groups excluding tert-OH is 1. The van der Waals surface area contributed by atoms with Crippen LogP contribution in [0.2, 0.25) is 0 Å². The summed E-state index contributed by atoms with van der Waals surface area (Å²) in [6.07, 6.45) is 1.08. The first-order valence-electron chi connectivity index (χ1n) is 16.2. The van der Waals surface area contributed by atoms with E-state index in [0.29, 0.717) is 41.5 Å². The number of nitrogens with two attached hydrogens (primary N) is 4. The van der Waals surface area contributed by atoms with E-state index < -0.39 is 59.8 Å². The summed E-state index contributed by atoms with van der Waals surface area (Å²) in [5.41, 5.74) is 25.5. The lowest BCUT2D eigenvalue weighted by atomic mass is 9.95. The monoisotopic (exact) mass is 670 g/mol. The molecule has 264 valence electrons. The zero-order valence-electron chi connectivity index (χ0n) is 27.3. The Kier molecular flexibility index (Phi) is 14.6. The highest BCUT2D eigenvalue weighted by molar-refractivity contribution is 5.95. The van der Waals surface area contributed by atoms with Crippen LogP contribution in [0, 0.1) is 5.92 Å². The minimum absolute atomic E-state index is 0.0285. The van der Waals surface area contributed by atoms with Crippen LogP contribution in [0.4, 0.5) is 0 Å². The minimum atomic E-state index is -1.30. The number of aliphatic hydroxyl groups is 1. The quantitative estimate of drug-likeness (QED) is 0.113. The number of aromatic hydroxyl groups is 2. The van der Waals surface area contributed by atoms with Crippen molar-refractivity contribution in [2.24, 2.45) is 28.9 Å². The third-order valence-corrected chi connectivity index (χ3v) is 8.48. The zero-order chi connectivity index (χ0) is 35.4. The molecule has 4 bridgehead atoms. The Balaban J connectivity index is 2.04. The molecule has 48 heavy (non-hydrogen) atoms. The third kappa shape index (κ3) is 10.6. The summed E-state index contributed by atoms with van der Waals surface area (Å²) in [6.45, 7) is 2.13. The lowest BCUT2D eigenvalue weighted by Crippen LogP contribution is -2.59. The Morgan fingerprint density at radius 1 is 0.917 bits per heavy atom. The van der Waals surface area contributed by atoms with Gasteiger partial charge in [0.1, 0.15) is 29.6 Å². The average Bonchev–Trinajstić information content (AvgIpc) is 3.06. The molecule has 6 atom stereocenters. The van der Waals surface area contributed by atoms with E-state index in [-0.39, 0.29) is 57.0 Å². The van der Waals surface area contributed by atoms with Crippen LogP contribution in [-0.2, 0) is 32.0 Å². The van der Waals surface area contributed by atoms with Crippen molar-refractivity contribution >= 4 is 23.6 Å². The van der Waals surface area contributed by atoms with Crippen molar-refractivity contribution in [1.29, 1.82) is 0 Å². The molecule has 0 aromatic heterocycles. The fourth-order valence-corrected chi connectivity index (χ4v) is 5.49. The van der Waals surface area contributed by atoms with E-state index in [0.717, 1.165) is 0 Å². The predicted molar refractivity (Wildman–Crippen MR) is 180 cm³/mol. The van der Waals surface area contributed by atoms with Crippen LogP contribution >= 0.6 is 0 Å². The van der Waals surface area contributed by atoms with Gasteiger partial charge in [-0.1, -0.05) is 19.1 Å². The van der Waals surface area contributed by atoms with Crippen molar-refractivity contribution in [3.05, 3.63) is 47.5 Å². The second kappa shape index (κ2) is 18.3. The maximum atomic E-state index is 13.9. The van der Waals surface area contributed by atoms with E-state index >= 15 is 0 Å². The largest absolute Gasteiger partial charge is 0.508 e. The molecule has 15 heteroatoms. The number of nitrogens with one attached hydrogen (secondary N) is 4. The molecule has 15 nitrogen and oxygen atoms in total. The second-order valence-electron chi connectivity index (χ2n) is 12.3. The average molecular weight is 671 g/mol. The van der Waals surface area contributed by atoms with Gasteiger partial charge in [0.25, 0.3) is 0 Å². The van der Waals surface area contributed by atoms with Crippen molar-refractivity contribution in [3.8, 4) is 22.6 Å². The summed E-state index contributed by atoms with van der Waals surface area (Å²) in [7, 11) is 0. The SMILES string of the molecule is C[C@@H](CCN)[C@@H]1NC(=O)[C@@H](N)Cc2cc(ccc2O)-c2ccc(O)c(c2)CC(C(=O)N[C@@H](CCCN)C(=O)NCC[C@H](N)CO)NC1=O.